The molecule has 0 saturated heterocycles. The molecule has 1 aromatic heterocycles. The minimum absolute atomic E-state index is 0.0461. The maximum absolute atomic E-state index is 13.7. The van der Waals surface area contributed by atoms with E-state index in [2.05, 4.69) is 27.2 Å². The van der Waals surface area contributed by atoms with Gasteiger partial charge in [-0.25, -0.2) is 23.1 Å². The Balaban J connectivity index is 2.30. The molecule has 0 unspecified atom stereocenters. The van der Waals surface area contributed by atoms with Crippen LogP contribution < -0.4 is 10.6 Å². The molecule has 8 heteroatoms. The van der Waals surface area contributed by atoms with Gasteiger partial charge in [0.1, 0.15) is 5.69 Å². The van der Waals surface area contributed by atoms with Crippen molar-refractivity contribution in [3.63, 3.8) is 0 Å². The number of benzene rings is 1. The zero-order chi connectivity index (χ0) is 17.0. The molecule has 0 fully saturated rings. The van der Waals surface area contributed by atoms with Crippen LogP contribution in [0.5, 0.6) is 0 Å². The summed E-state index contributed by atoms with van der Waals surface area (Å²) in [5, 5.41) is 4.96. The van der Waals surface area contributed by atoms with Crippen LogP contribution in [0.15, 0.2) is 30.9 Å². The highest BCUT2D eigenvalue weighted by Gasteiger charge is 2.15. The number of amides is 1. The van der Waals surface area contributed by atoms with Crippen molar-refractivity contribution in [2.45, 2.75) is 6.92 Å². The van der Waals surface area contributed by atoms with Gasteiger partial charge in [0.15, 0.2) is 17.5 Å². The van der Waals surface area contributed by atoms with Crippen LogP contribution >= 0.6 is 0 Å². The van der Waals surface area contributed by atoms with Crippen LogP contribution in [-0.2, 0) is 0 Å². The number of halogens is 3. The number of hydrogen-bond donors (Lipinski definition) is 2. The second-order valence-corrected chi connectivity index (χ2v) is 4.56. The van der Waals surface area contributed by atoms with Crippen LogP contribution in [-0.4, -0.2) is 22.4 Å². The SMILES string of the molecule is C=CCNC(=O)c1cc(C)nc(Nc2ccc(F)c(F)c2F)n1. The zero-order valence-electron chi connectivity index (χ0n) is 12.2. The smallest absolute Gasteiger partial charge is 0.270 e. The van der Waals surface area contributed by atoms with Crippen molar-refractivity contribution < 1.29 is 18.0 Å². The Morgan fingerprint density at radius 1 is 1.26 bits per heavy atom. The first-order valence-electron chi connectivity index (χ1n) is 6.57. The highest BCUT2D eigenvalue weighted by Crippen LogP contribution is 2.22. The molecule has 23 heavy (non-hydrogen) atoms. The second kappa shape index (κ2) is 6.91. The molecule has 1 aromatic carbocycles. The standard InChI is InChI=1S/C15H13F3N4O/c1-3-6-19-14(23)11-7-8(2)20-15(22-11)21-10-5-4-9(16)12(17)13(10)18/h3-5,7H,1,6H2,2H3,(H,19,23)(H,20,21,22). The first kappa shape index (κ1) is 16.5. The van der Waals surface area contributed by atoms with Crippen LogP contribution in [0.1, 0.15) is 16.2 Å². The summed E-state index contributed by atoms with van der Waals surface area (Å²) < 4.78 is 39.8. The molecule has 0 aliphatic carbocycles. The third-order valence-corrected chi connectivity index (χ3v) is 2.78. The summed E-state index contributed by atoms with van der Waals surface area (Å²) in [6.07, 6.45) is 1.50. The lowest BCUT2D eigenvalue weighted by molar-refractivity contribution is 0.0953. The number of aromatic nitrogens is 2. The van der Waals surface area contributed by atoms with Crippen LogP contribution in [0.2, 0.25) is 0 Å². The molecule has 0 spiro atoms. The fourth-order valence-corrected chi connectivity index (χ4v) is 1.74. The topological polar surface area (TPSA) is 66.9 Å². The van der Waals surface area contributed by atoms with Crippen LogP contribution in [0, 0.1) is 24.4 Å². The Bertz CT molecular complexity index is 765. The third kappa shape index (κ3) is 3.85. The fourth-order valence-electron chi connectivity index (χ4n) is 1.74. The largest absolute Gasteiger partial charge is 0.347 e. The Hall–Kier alpha value is -2.90. The summed E-state index contributed by atoms with van der Waals surface area (Å²) in [4.78, 5) is 19.8. The van der Waals surface area contributed by atoms with Crippen LogP contribution in [0.4, 0.5) is 24.8 Å². The number of aryl methyl sites for hydroxylation is 1. The number of carbonyl (C=O) groups is 1. The molecule has 120 valence electrons. The summed E-state index contributed by atoms with van der Waals surface area (Å²) in [6, 6.07) is 3.22. The van der Waals surface area contributed by atoms with Gasteiger partial charge in [-0.3, -0.25) is 4.79 Å². The normalized spacial score (nSPS) is 10.3. The molecule has 0 saturated carbocycles. The van der Waals surface area contributed by atoms with E-state index in [-0.39, 0.29) is 23.9 Å². The average molecular weight is 322 g/mol. The van der Waals surface area contributed by atoms with Gasteiger partial charge in [-0.05, 0) is 25.1 Å². The lowest BCUT2D eigenvalue weighted by Crippen LogP contribution is -2.24. The van der Waals surface area contributed by atoms with Crippen molar-refractivity contribution in [3.05, 3.63) is 59.7 Å². The molecule has 0 aliphatic heterocycles. The summed E-state index contributed by atoms with van der Waals surface area (Å²) in [7, 11) is 0. The van der Waals surface area contributed by atoms with E-state index in [9.17, 15) is 18.0 Å². The number of nitrogens with one attached hydrogen (secondary N) is 2. The predicted octanol–water partition coefficient (Wildman–Crippen LogP) is 2.86. The molecule has 1 heterocycles. The van der Waals surface area contributed by atoms with Gasteiger partial charge in [0.2, 0.25) is 5.95 Å². The molecule has 0 radical (unpaired) electrons. The van der Waals surface area contributed by atoms with Gasteiger partial charge >= 0.3 is 0 Å². The number of nitrogens with zero attached hydrogens (tertiary/aromatic N) is 2. The number of hydrogen-bond acceptors (Lipinski definition) is 4. The maximum atomic E-state index is 13.7. The van der Waals surface area contributed by atoms with Crippen molar-refractivity contribution in [3.8, 4) is 0 Å². The van der Waals surface area contributed by atoms with Crippen molar-refractivity contribution in [2.75, 3.05) is 11.9 Å². The van der Waals surface area contributed by atoms with Gasteiger partial charge in [0, 0.05) is 12.2 Å². The van der Waals surface area contributed by atoms with Gasteiger partial charge in [-0.15, -0.1) is 6.58 Å². The molecular formula is C15H13F3N4O. The quantitative estimate of drug-likeness (QED) is 0.656. The molecule has 0 atom stereocenters. The summed E-state index contributed by atoms with van der Waals surface area (Å²) >= 11 is 0. The van der Waals surface area contributed by atoms with Gasteiger partial charge in [-0.2, -0.15) is 0 Å². The predicted molar refractivity (Wildman–Crippen MR) is 78.9 cm³/mol. The molecule has 2 rings (SSSR count). The van der Waals surface area contributed by atoms with Crippen LogP contribution in [0.25, 0.3) is 0 Å². The highest BCUT2D eigenvalue weighted by molar-refractivity contribution is 5.92. The minimum Gasteiger partial charge on any atom is -0.347 e. The Labute approximate surface area is 130 Å². The van der Waals surface area contributed by atoms with E-state index in [1.807, 2.05) is 0 Å². The van der Waals surface area contributed by atoms with Gasteiger partial charge in [0.25, 0.3) is 5.91 Å². The van der Waals surface area contributed by atoms with E-state index < -0.39 is 23.4 Å². The minimum atomic E-state index is -1.60. The van der Waals surface area contributed by atoms with Crippen molar-refractivity contribution in [1.82, 2.24) is 15.3 Å². The van der Waals surface area contributed by atoms with Crippen LogP contribution in [0.3, 0.4) is 0 Å². The summed E-state index contributed by atoms with van der Waals surface area (Å²) in [5.41, 5.74) is 0.144. The monoisotopic (exact) mass is 322 g/mol. The average Bonchev–Trinajstić information content (AvgIpc) is 2.52. The van der Waals surface area contributed by atoms with Gasteiger partial charge in [0.05, 0.1) is 5.69 Å². The summed E-state index contributed by atoms with van der Waals surface area (Å²) in [6.45, 7) is 5.34. The molecule has 2 aromatic rings. The van der Waals surface area contributed by atoms with Gasteiger partial charge in [-0.1, -0.05) is 6.08 Å². The third-order valence-electron chi connectivity index (χ3n) is 2.78. The molecule has 0 aliphatic rings. The maximum Gasteiger partial charge on any atom is 0.270 e. The van der Waals surface area contributed by atoms with E-state index in [4.69, 9.17) is 0 Å². The van der Waals surface area contributed by atoms with Crippen molar-refractivity contribution >= 4 is 17.5 Å². The van der Waals surface area contributed by atoms with E-state index in [1.54, 1.807) is 6.92 Å². The Kier molecular flexibility index (Phi) is 4.95. The molecular weight excluding hydrogens is 309 g/mol. The van der Waals surface area contributed by atoms with E-state index in [1.165, 1.54) is 12.1 Å². The first-order chi connectivity index (χ1) is 10.9. The lowest BCUT2D eigenvalue weighted by atomic mass is 10.3. The second-order valence-electron chi connectivity index (χ2n) is 4.56. The van der Waals surface area contributed by atoms with Crippen molar-refractivity contribution in [2.24, 2.45) is 0 Å². The molecule has 1 amide bonds. The summed E-state index contributed by atoms with van der Waals surface area (Å²) in [5.74, 6) is -4.88. The Morgan fingerprint density at radius 2 is 2.00 bits per heavy atom. The highest BCUT2D eigenvalue weighted by atomic mass is 19.2. The number of carbonyl (C=O) groups excluding carboxylic acids is 1. The van der Waals surface area contributed by atoms with E-state index >= 15 is 0 Å². The zero-order valence-corrected chi connectivity index (χ0v) is 12.2. The molecule has 5 nitrogen and oxygen atoms in total. The fraction of sp³-hybridized carbons (Fsp3) is 0.133. The molecule has 0 bridgehead atoms. The molecule has 2 N–H and O–H groups in total. The lowest BCUT2D eigenvalue weighted by Gasteiger charge is -2.09. The van der Waals surface area contributed by atoms with Gasteiger partial charge < -0.3 is 10.6 Å². The number of anilines is 2. The Morgan fingerprint density at radius 3 is 2.70 bits per heavy atom. The first-order valence-corrected chi connectivity index (χ1v) is 6.57. The van der Waals surface area contributed by atoms with Crippen molar-refractivity contribution in [1.29, 1.82) is 0 Å². The number of rotatable bonds is 5. The van der Waals surface area contributed by atoms with E-state index in [0.29, 0.717) is 5.69 Å². The van der Waals surface area contributed by atoms with E-state index in [0.717, 1.165) is 12.1 Å².